The Balaban J connectivity index is 1.61. The molecule has 1 heterocycles. The van der Waals surface area contributed by atoms with E-state index in [1.807, 2.05) is 42.5 Å². The Morgan fingerprint density at radius 2 is 1.71 bits per heavy atom. The van der Waals surface area contributed by atoms with E-state index in [0.29, 0.717) is 24.4 Å². The van der Waals surface area contributed by atoms with Crippen LogP contribution in [0.3, 0.4) is 0 Å². The van der Waals surface area contributed by atoms with Gasteiger partial charge in [-0.25, -0.2) is 4.79 Å². The summed E-state index contributed by atoms with van der Waals surface area (Å²) in [6.07, 6.45) is -1.17. The van der Waals surface area contributed by atoms with E-state index >= 15 is 0 Å². The van der Waals surface area contributed by atoms with Gasteiger partial charge in [-0.15, -0.1) is 0 Å². The lowest BCUT2D eigenvalue weighted by Gasteiger charge is -2.14. The third kappa shape index (κ3) is 4.44. The number of rotatable bonds is 8. The molecule has 0 amide bonds. The van der Waals surface area contributed by atoms with Crippen molar-refractivity contribution >= 4 is 11.0 Å². The van der Waals surface area contributed by atoms with Crippen LogP contribution in [0.4, 0.5) is 0 Å². The molecule has 28 heavy (non-hydrogen) atoms. The Hall–Kier alpha value is -2.61. The van der Waals surface area contributed by atoms with E-state index in [0.717, 1.165) is 16.6 Å². The van der Waals surface area contributed by atoms with Crippen molar-refractivity contribution < 1.29 is 14.9 Å². The highest BCUT2D eigenvalue weighted by atomic mass is 16.5. The number of hydrogen-bond donors (Lipinski definition) is 3. The maximum absolute atomic E-state index is 12.0. The maximum Gasteiger partial charge on any atom is 0.328 e. The third-order valence-corrected chi connectivity index (χ3v) is 4.78. The van der Waals surface area contributed by atoms with Gasteiger partial charge in [0.15, 0.2) is 0 Å². The lowest BCUT2D eigenvalue weighted by Crippen LogP contribution is -2.23. The van der Waals surface area contributed by atoms with Gasteiger partial charge in [0.25, 0.3) is 0 Å². The standard InChI is InChI=1S/C21H27N3O4/c1-14(25)11-22-12-15-4-7-17(8-5-15)28-13-20(26)16-6-9-18-19(10-16)24(3)21(27)23(18)2/h4-10,14,20,22,25-26H,11-13H2,1-3H3/t14-,20+/m1/s1. The number of aromatic nitrogens is 2. The van der Waals surface area contributed by atoms with E-state index in [-0.39, 0.29) is 18.4 Å². The summed E-state index contributed by atoms with van der Waals surface area (Å²) in [5.41, 5.74) is 3.29. The van der Waals surface area contributed by atoms with Crippen LogP contribution in [0.25, 0.3) is 11.0 Å². The second-order valence-corrected chi connectivity index (χ2v) is 7.10. The van der Waals surface area contributed by atoms with Gasteiger partial charge in [0.05, 0.1) is 17.1 Å². The van der Waals surface area contributed by atoms with Crippen LogP contribution in [0.1, 0.15) is 24.2 Å². The number of aliphatic hydroxyl groups excluding tert-OH is 2. The van der Waals surface area contributed by atoms with E-state index in [1.165, 1.54) is 0 Å². The summed E-state index contributed by atoms with van der Waals surface area (Å²) in [4.78, 5) is 12.0. The molecule has 0 fully saturated rings. The first-order valence-electron chi connectivity index (χ1n) is 9.30. The molecular formula is C21H27N3O4. The second kappa shape index (κ2) is 8.60. The zero-order valence-corrected chi connectivity index (χ0v) is 16.4. The van der Waals surface area contributed by atoms with E-state index in [2.05, 4.69) is 5.32 Å². The quantitative estimate of drug-likeness (QED) is 0.546. The topological polar surface area (TPSA) is 88.7 Å². The lowest BCUT2D eigenvalue weighted by atomic mass is 10.1. The van der Waals surface area contributed by atoms with Gasteiger partial charge in [-0.05, 0) is 42.3 Å². The van der Waals surface area contributed by atoms with Gasteiger partial charge in [0.2, 0.25) is 0 Å². The van der Waals surface area contributed by atoms with E-state index < -0.39 is 6.10 Å². The average molecular weight is 385 g/mol. The van der Waals surface area contributed by atoms with Crippen molar-refractivity contribution in [3.8, 4) is 5.75 Å². The fourth-order valence-electron chi connectivity index (χ4n) is 3.13. The normalized spacial score (nSPS) is 13.6. The zero-order valence-electron chi connectivity index (χ0n) is 16.4. The Morgan fingerprint density at radius 3 is 2.39 bits per heavy atom. The molecule has 0 aliphatic heterocycles. The second-order valence-electron chi connectivity index (χ2n) is 7.10. The first-order valence-corrected chi connectivity index (χ1v) is 9.30. The van der Waals surface area contributed by atoms with Crippen LogP contribution in [-0.2, 0) is 20.6 Å². The largest absolute Gasteiger partial charge is 0.491 e. The van der Waals surface area contributed by atoms with Crippen molar-refractivity contribution in [3.05, 3.63) is 64.1 Å². The van der Waals surface area contributed by atoms with Crippen molar-refractivity contribution in [2.75, 3.05) is 13.2 Å². The number of nitrogens with one attached hydrogen (secondary N) is 1. The van der Waals surface area contributed by atoms with Crippen LogP contribution >= 0.6 is 0 Å². The molecule has 0 unspecified atom stereocenters. The van der Waals surface area contributed by atoms with Crippen LogP contribution in [0, 0.1) is 0 Å². The Bertz CT molecular complexity index is 989. The van der Waals surface area contributed by atoms with Crippen molar-refractivity contribution in [2.24, 2.45) is 14.1 Å². The summed E-state index contributed by atoms with van der Waals surface area (Å²) in [6.45, 7) is 3.07. The van der Waals surface area contributed by atoms with Crippen molar-refractivity contribution in [2.45, 2.75) is 25.7 Å². The predicted octanol–water partition coefficient (Wildman–Crippen LogP) is 1.46. The minimum atomic E-state index is -0.799. The van der Waals surface area contributed by atoms with Crippen LogP contribution in [-0.4, -0.2) is 38.6 Å². The van der Waals surface area contributed by atoms with Crippen molar-refractivity contribution in [1.29, 1.82) is 0 Å². The number of aliphatic hydroxyl groups is 2. The minimum Gasteiger partial charge on any atom is -0.491 e. The maximum atomic E-state index is 12.0. The molecule has 2 aromatic carbocycles. The summed E-state index contributed by atoms with van der Waals surface area (Å²) < 4.78 is 8.86. The number of benzene rings is 2. The number of imidazole rings is 1. The molecule has 0 spiro atoms. The van der Waals surface area contributed by atoms with Gasteiger partial charge in [-0.1, -0.05) is 18.2 Å². The summed E-state index contributed by atoms with van der Waals surface area (Å²) in [7, 11) is 3.45. The Labute approximate surface area is 163 Å². The molecule has 0 saturated heterocycles. The summed E-state index contributed by atoms with van der Waals surface area (Å²) in [6, 6.07) is 13.1. The molecule has 3 aromatic rings. The van der Waals surface area contributed by atoms with Crippen LogP contribution in [0.15, 0.2) is 47.3 Å². The lowest BCUT2D eigenvalue weighted by molar-refractivity contribution is 0.108. The van der Waals surface area contributed by atoms with Gasteiger partial charge in [0, 0.05) is 27.2 Å². The zero-order chi connectivity index (χ0) is 20.3. The number of fused-ring (bicyclic) bond motifs is 1. The molecule has 7 nitrogen and oxygen atoms in total. The highest BCUT2D eigenvalue weighted by Crippen LogP contribution is 2.21. The smallest absolute Gasteiger partial charge is 0.328 e. The van der Waals surface area contributed by atoms with Crippen molar-refractivity contribution in [1.82, 2.24) is 14.5 Å². The highest BCUT2D eigenvalue weighted by Gasteiger charge is 2.13. The minimum absolute atomic E-state index is 0.0964. The molecule has 3 N–H and O–H groups in total. The van der Waals surface area contributed by atoms with Crippen LogP contribution in [0.5, 0.6) is 5.75 Å². The SMILES string of the molecule is C[C@@H](O)CNCc1ccc(OC[C@H](O)c2ccc3c(c2)n(C)c(=O)n3C)cc1. The number of aryl methyl sites for hydroxylation is 2. The predicted molar refractivity (Wildman–Crippen MR) is 108 cm³/mol. The number of ether oxygens (including phenoxy) is 1. The molecule has 0 bridgehead atoms. The highest BCUT2D eigenvalue weighted by molar-refractivity contribution is 5.76. The van der Waals surface area contributed by atoms with Crippen molar-refractivity contribution in [3.63, 3.8) is 0 Å². The molecule has 0 radical (unpaired) electrons. The van der Waals surface area contributed by atoms with Gasteiger partial charge in [-0.2, -0.15) is 0 Å². The van der Waals surface area contributed by atoms with E-state index in [4.69, 9.17) is 4.74 Å². The number of hydrogen-bond acceptors (Lipinski definition) is 5. The molecule has 150 valence electrons. The third-order valence-electron chi connectivity index (χ3n) is 4.78. The molecule has 0 aliphatic rings. The molecule has 3 rings (SSSR count). The first kappa shape index (κ1) is 20.1. The molecule has 0 aliphatic carbocycles. The van der Waals surface area contributed by atoms with E-state index in [1.54, 1.807) is 30.2 Å². The fourth-order valence-corrected chi connectivity index (χ4v) is 3.13. The van der Waals surface area contributed by atoms with Gasteiger partial charge in [0.1, 0.15) is 18.5 Å². The fraction of sp³-hybridized carbons (Fsp3) is 0.381. The Kier molecular flexibility index (Phi) is 6.18. The molecule has 2 atom stereocenters. The Morgan fingerprint density at radius 1 is 1.04 bits per heavy atom. The molecule has 1 aromatic heterocycles. The summed E-state index contributed by atoms with van der Waals surface area (Å²) in [5, 5.41) is 22.9. The van der Waals surface area contributed by atoms with Crippen LogP contribution in [0.2, 0.25) is 0 Å². The first-order chi connectivity index (χ1) is 13.4. The molecular weight excluding hydrogens is 358 g/mol. The molecule has 0 saturated carbocycles. The average Bonchev–Trinajstić information content (AvgIpc) is 2.90. The van der Waals surface area contributed by atoms with Gasteiger partial charge < -0.3 is 20.3 Å². The number of nitrogens with zero attached hydrogens (tertiary/aromatic N) is 2. The van der Waals surface area contributed by atoms with Gasteiger partial charge >= 0.3 is 5.69 Å². The monoisotopic (exact) mass is 385 g/mol. The van der Waals surface area contributed by atoms with Gasteiger partial charge in [-0.3, -0.25) is 9.13 Å². The molecule has 7 heteroatoms. The van der Waals surface area contributed by atoms with E-state index in [9.17, 15) is 15.0 Å². The summed E-state index contributed by atoms with van der Waals surface area (Å²) in [5.74, 6) is 0.673. The summed E-state index contributed by atoms with van der Waals surface area (Å²) >= 11 is 0. The van der Waals surface area contributed by atoms with Crippen LogP contribution < -0.4 is 15.7 Å².